The van der Waals surface area contributed by atoms with Gasteiger partial charge < -0.3 is 79.7 Å². The molecule has 8 aliphatic rings. The molecule has 130 heavy (non-hydrogen) atoms. The van der Waals surface area contributed by atoms with E-state index >= 15 is 0 Å². The van der Waals surface area contributed by atoms with Crippen LogP contribution >= 0.6 is 50.7 Å². The number of nitrogen functional groups attached to an aromatic ring is 1. The average molecular weight is 1960 g/mol. The predicted molar refractivity (Wildman–Crippen MR) is 502 cm³/mol. The number of hydrogen-bond acceptors (Lipinski definition) is 30. The summed E-state index contributed by atoms with van der Waals surface area (Å²) in [5.41, 5.74) is 11.8. The second kappa shape index (κ2) is 49.3. The molecule has 15 rings (SSSR count). The van der Waals surface area contributed by atoms with Gasteiger partial charge in [0.15, 0.2) is 0 Å². The number of nitrogens with zero attached hydrogens (tertiary/aromatic N) is 12. The van der Waals surface area contributed by atoms with Crippen LogP contribution in [0.2, 0.25) is 15.1 Å². The van der Waals surface area contributed by atoms with Gasteiger partial charge in [-0.15, -0.1) is 0 Å². The minimum Gasteiger partial charge on any atom is -0.870 e. The molecule has 8 fully saturated rings. The van der Waals surface area contributed by atoms with Gasteiger partial charge in [0.05, 0.1) is 129 Å². The van der Waals surface area contributed by atoms with Crippen LogP contribution in [0.25, 0.3) is 0 Å². The summed E-state index contributed by atoms with van der Waals surface area (Å²) in [6, 6.07) is 19.3. The molecule has 4 saturated heterocycles. The number of nitrogens with two attached hydrogens (primary N) is 2. The van der Waals surface area contributed by atoms with Crippen molar-refractivity contribution in [2.45, 2.75) is 204 Å². The van der Waals surface area contributed by atoms with Crippen LogP contribution in [0.4, 0.5) is 57.1 Å². The Labute approximate surface area is 808 Å². The molecule has 33 nitrogen and oxygen atoms in total. The maximum absolute atomic E-state index is 12.5. The van der Waals surface area contributed by atoms with Crippen LogP contribution < -0.4 is 70.7 Å². The Morgan fingerprint density at radius 1 is 0.485 bits per heavy atom. The first-order valence-electron chi connectivity index (χ1n) is 43.8. The smallest absolute Gasteiger partial charge is 0.870 e. The molecule has 8 N–H and O–H groups in total. The monoisotopic (exact) mass is 1950 g/mol. The Morgan fingerprint density at radius 2 is 0.762 bits per heavy atom. The van der Waals surface area contributed by atoms with Crippen LogP contribution in [0.1, 0.15) is 181 Å². The molecule has 0 radical (unpaired) electrons. The topological polar surface area (TPSA) is 440 Å². The number of esters is 3. The molecule has 4 aliphatic heterocycles. The minimum absolute atomic E-state index is 0. The van der Waals surface area contributed by atoms with E-state index in [4.69, 9.17) is 78.7 Å². The minimum atomic E-state index is -3.17. The Bertz CT molecular complexity index is 4940. The number of carboxylic acids is 1. The van der Waals surface area contributed by atoms with E-state index in [1.54, 1.807) is 49.1 Å². The fourth-order valence-electron chi connectivity index (χ4n) is 16.3. The van der Waals surface area contributed by atoms with Crippen molar-refractivity contribution in [3.63, 3.8) is 0 Å². The van der Waals surface area contributed by atoms with E-state index in [1.165, 1.54) is 27.4 Å². The van der Waals surface area contributed by atoms with Crippen LogP contribution in [-0.2, 0) is 84.0 Å². The van der Waals surface area contributed by atoms with Crippen molar-refractivity contribution in [3.8, 4) is 0 Å². The average Bonchev–Trinajstić information content (AvgIpc) is 1.60. The number of rotatable bonds is 29. The molecule has 39 heteroatoms. The number of aromatic nitrogens is 7. The van der Waals surface area contributed by atoms with E-state index in [0.717, 1.165) is 187 Å². The molecule has 0 amide bonds. The number of aliphatic carboxylic acids is 1. The molecule has 11 heterocycles. The molecule has 7 aromatic heterocycles. The molecule has 706 valence electrons. The number of halogens is 4. The van der Waals surface area contributed by atoms with Gasteiger partial charge in [-0.2, -0.15) is 0 Å². The van der Waals surface area contributed by atoms with Crippen molar-refractivity contribution in [2.75, 3.05) is 143 Å². The number of ether oxygens (including phenoxy) is 7. The number of nitrogens with one attached hydrogen (secondary N) is 2. The van der Waals surface area contributed by atoms with Crippen LogP contribution in [0, 0.1) is 33.8 Å². The molecule has 0 bridgehead atoms. The van der Waals surface area contributed by atoms with Gasteiger partial charge >= 0.3 is 53.4 Å². The number of carboxylic acid groups (broad SMARTS) is 1. The number of nitro groups is 1. The molecule has 0 spiro atoms. The van der Waals surface area contributed by atoms with Crippen molar-refractivity contribution in [3.05, 3.63) is 157 Å². The van der Waals surface area contributed by atoms with Gasteiger partial charge in [0.1, 0.15) is 43.6 Å². The molecule has 0 unspecified atom stereocenters. The Balaban J connectivity index is 0.000000203. The first-order valence-corrected chi connectivity index (χ1v) is 47.7. The summed E-state index contributed by atoms with van der Waals surface area (Å²) in [6.07, 6.45) is 25.9. The zero-order valence-corrected chi connectivity index (χ0v) is 83.4. The van der Waals surface area contributed by atoms with E-state index in [-0.39, 0.29) is 69.6 Å². The number of primary sulfonamides is 1. The van der Waals surface area contributed by atoms with Crippen LogP contribution in [0.5, 0.6) is 0 Å². The van der Waals surface area contributed by atoms with E-state index < -0.39 is 37.7 Å². The van der Waals surface area contributed by atoms with Crippen molar-refractivity contribution in [1.82, 2.24) is 34.9 Å². The standard InChI is InChI=1S/C24H31ClN4O3.C23H29ClN4O3.C19H27N3O5.C19H29N3O3.C5H3BrClN.CH5NO2S.Na.H2O/c1-16(2)15-29(18-6-10-32-11-7-18)20-14-26-21(24(8-9-24)23(30)31-3)12-19(20)28-22-5-4-17(25)13-27-22;1-15(2)14-28(17-5-9-31-10-6-17)19-13-25-20(23(7-8-23)22(29)30)11-18(19)27-21-4-3-16(24)12-26-21;1-13(2)12-21(14-4-8-27-9-5-14)16-11-20-17(10-15(16)22(24)25)19(6-7-19)18(23)26-3;1-13(2)12-22(14-4-8-25-9-5-14)16-11-21-17(10-15(16)20)19(6-7-19)18(23)24-3;6-5-2-1-4(7)3-8-5;1-5(2,3)4;;/h4-5,12-14,16,18H,6-11,15H2,1-3H3,(H,26,27,28);3-4,11-13,15,17H,5-10,14H2,1-2H3,(H,29,30)(H,25,26,27);10-11,13-14H,4-9,12H2,1-3H3;10-11,13-14H,4-9,12H2,1-3H3,(H2,20,21);1-3H;1H3,(H2,2,3,4);;1H2/q;;;;;;+1;/p-1. The summed E-state index contributed by atoms with van der Waals surface area (Å²) in [4.78, 5) is 100. The van der Waals surface area contributed by atoms with E-state index in [9.17, 15) is 42.8 Å². The van der Waals surface area contributed by atoms with E-state index in [2.05, 4.69) is 137 Å². The zero-order chi connectivity index (χ0) is 92.8. The Hall–Kier alpha value is -8.01. The zero-order valence-electron chi connectivity index (χ0n) is 76.7. The molecule has 0 atom stereocenters. The summed E-state index contributed by atoms with van der Waals surface area (Å²) < 4.78 is 56.7. The third-order valence-corrected chi connectivity index (χ3v) is 24.7. The third-order valence-electron chi connectivity index (χ3n) is 23.5. The Morgan fingerprint density at radius 3 is 1.02 bits per heavy atom. The van der Waals surface area contributed by atoms with Gasteiger partial charge in [-0.25, -0.2) is 28.5 Å². The van der Waals surface area contributed by atoms with Crippen molar-refractivity contribution >= 4 is 142 Å². The summed E-state index contributed by atoms with van der Waals surface area (Å²) >= 11 is 20.7. The number of methoxy groups -OCH3 is 3. The van der Waals surface area contributed by atoms with Crippen molar-refractivity contribution in [1.29, 1.82) is 0 Å². The molecular weight excluding hydrogens is 1830 g/mol. The number of hydrogen-bond donors (Lipinski definition) is 5. The van der Waals surface area contributed by atoms with E-state index in [0.29, 0.717) is 137 Å². The van der Waals surface area contributed by atoms with Crippen LogP contribution in [0.15, 0.2) is 109 Å². The van der Waals surface area contributed by atoms with Gasteiger partial charge in [0.2, 0.25) is 10.0 Å². The van der Waals surface area contributed by atoms with Gasteiger partial charge in [-0.3, -0.25) is 49.2 Å². The molecule has 4 aliphatic carbocycles. The summed E-state index contributed by atoms with van der Waals surface area (Å²) in [7, 11) is 1.03. The number of carbonyl (C=O) groups is 4. The molecular formula is C91H125BrCl3N16NaO17S. The maximum atomic E-state index is 12.5. The first-order chi connectivity index (χ1) is 61.0. The third kappa shape index (κ3) is 29.5. The van der Waals surface area contributed by atoms with Crippen LogP contribution in [0.3, 0.4) is 0 Å². The predicted octanol–water partition coefficient (Wildman–Crippen LogP) is 12.9. The largest absolute Gasteiger partial charge is 1.00 e. The second-order valence-electron chi connectivity index (χ2n) is 35.4. The second-order valence-corrected chi connectivity index (χ2v) is 39.2. The van der Waals surface area contributed by atoms with Gasteiger partial charge in [0, 0.05) is 128 Å². The van der Waals surface area contributed by atoms with Crippen LogP contribution in [-0.4, -0.2) is 213 Å². The number of carbonyl (C=O) groups excluding carboxylic acids is 3. The normalized spacial score (nSPS) is 17.4. The SMILES string of the molecule is CC(C)CN(c1cnc(C2(C(=O)O)CC2)cc1Nc1ccc(Cl)cn1)C1CCOCC1.COC(=O)C1(c2cc(N)c(N(CC(C)C)C3CCOCC3)cn2)CC1.COC(=O)C1(c2cc(Nc3ccc(Cl)cn3)c(N(CC(C)C)C3CCOCC3)cn2)CC1.COC(=O)C1(c2cc([N+](=O)[O-])c(N(CC(C)C)C3CCOCC3)cn2)CC1.CS(N)(=O)=O.Clc1ccc(Br)nc1.[Na+].[OH-]. The number of pyridine rings is 7. The molecule has 7 aromatic rings. The summed E-state index contributed by atoms with van der Waals surface area (Å²) in [6.45, 7) is 26.8. The molecule has 0 aromatic carbocycles. The number of anilines is 9. The van der Waals surface area contributed by atoms with Gasteiger partial charge in [-0.05, 0) is 197 Å². The fourth-order valence-corrected chi connectivity index (χ4v) is 16.9. The van der Waals surface area contributed by atoms with Gasteiger partial charge in [0.25, 0.3) is 5.69 Å². The number of sulfonamides is 1. The maximum Gasteiger partial charge on any atom is 1.00 e. The Kier molecular flexibility index (Phi) is 40.7. The fraction of sp³-hybridized carbons (Fsp3) is 0.571. The van der Waals surface area contributed by atoms with Crippen molar-refractivity contribution < 1.29 is 106 Å². The summed E-state index contributed by atoms with van der Waals surface area (Å²) in [5.74, 6) is 1.51. The quantitative estimate of drug-likeness (QED) is 0.00726. The summed E-state index contributed by atoms with van der Waals surface area (Å²) in [5, 5.41) is 34.6. The van der Waals surface area contributed by atoms with E-state index in [1.807, 2.05) is 48.9 Å². The van der Waals surface area contributed by atoms with Crippen molar-refractivity contribution in [2.24, 2.45) is 28.8 Å². The van der Waals surface area contributed by atoms with Gasteiger partial charge in [-0.1, -0.05) is 90.2 Å². The molecule has 4 saturated carbocycles. The first kappa shape index (κ1) is 107.